The van der Waals surface area contributed by atoms with E-state index < -0.39 is 0 Å². The Hall–Kier alpha value is -2.15. The summed E-state index contributed by atoms with van der Waals surface area (Å²) in [7, 11) is 0. The molecule has 3 N–H and O–H groups in total. The molecule has 2 fully saturated rings. The number of nitrogens with two attached hydrogens (primary N) is 1. The molecule has 0 unspecified atom stereocenters. The number of nitrogens with one attached hydrogen (secondary N) is 1. The Bertz CT molecular complexity index is 707. The summed E-state index contributed by atoms with van der Waals surface area (Å²) < 4.78 is 0. The van der Waals surface area contributed by atoms with Gasteiger partial charge in [0.25, 0.3) is 0 Å². The van der Waals surface area contributed by atoms with Crippen LogP contribution in [0.5, 0.6) is 0 Å². The zero-order valence-corrected chi connectivity index (χ0v) is 12.5. The number of aromatic nitrogens is 3. The molecule has 1 spiro atoms. The molecule has 2 aromatic rings. The van der Waals surface area contributed by atoms with Crippen LogP contribution < -0.4 is 10.6 Å². The lowest BCUT2D eigenvalue weighted by Crippen LogP contribution is -2.57. The lowest BCUT2D eigenvalue weighted by molar-refractivity contribution is -0.134. The quantitative estimate of drug-likeness (QED) is 0.860. The van der Waals surface area contributed by atoms with E-state index in [2.05, 4.69) is 19.9 Å². The monoisotopic (exact) mass is 300 g/mol. The zero-order valence-electron chi connectivity index (χ0n) is 12.5. The van der Waals surface area contributed by atoms with Gasteiger partial charge in [-0.05, 0) is 18.9 Å². The average Bonchev–Trinajstić information content (AvgIpc) is 3.11. The van der Waals surface area contributed by atoms with Crippen LogP contribution in [0.4, 0.5) is 5.82 Å². The Balaban J connectivity index is 1.60. The van der Waals surface area contributed by atoms with Crippen LogP contribution in [0.3, 0.4) is 0 Å². The maximum Gasteiger partial charge on any atom is 0.224 e. The van der Waals surface area contributed by atoms with E-state index in [1.54, 1.807) is 6.33 Å². The SMILES string of the molecule is NCCC(=O)N1CCN(c2ncnc3[nH]ccc23)CC12CC2. The molecule has 1 saturated heterocycles. The van der Waals surface area contributed by atoms with E-state index >= 15 is 0 Å². The molecule has 0 aromatic carbocycles. The number of carbonyl (C=O) groups excluding carboxylic acids is 1. The summed E-state index contributed by atoms with van der Waals surface area (Å²) >= 11 is 0. The molecule has 1 saturated carbocycles. The third kappa shape index (κ3) is 2.04. The van der Waals surface area contributed by atoms with Crippen molar-refractivity contribution in [3.8, 4) is 0 Å². The second-order valence-corrected chi connectivity index (χ2v) is 6.17. The minimum Gasteiger partial charge on any atom is -0.352 e. The summed E-state index contributed by atoms with van der Waals surface area (Å²) in [5.41, 5.74) is 6.39. The van der Waals surface area contributed by atoms with Crippen molar-refractivity contribution in [3.05, 3.63) is 18.6 Å². The van der Waals surface area contributed by atoms with Crippen molar-refractivity contribution in [3.63, 3.8) is 0 Å². The van der Waals surface area contributed by atoms with E-state index in [1.165, 1.54) is 0 Å². The fraction of sp³-hybridized carbons (Fsp3) is 0.533. The summed E-state index contributed by atoms with van der Waals surface area (Å²) in [4.78, 5) is 28.4. The van der Waals surface area contributed by atoms with E-state index in [0.29, 0.717) is 13.0 Å². The van der Waals surface area contributed by atoms with Gasteiger partial charge in [-0.25, -0.2) is 9.97 Å². The van der Waals surface area contributed by atoms with E-state index in [-0.39, 0.29) is 11.4 Å². The number of nitrogens with zero attached hydrogens (tertiary/aromatic N) is 4. The third-order valence-corrected chi connectivity index (χ3v) is 4.77. The molecule has 0 radical (unpaired) electrons. The largest absolute Gasteiger partial charge is 0.352 e. The minimum atomic E-state index is -0.00190. The number of fused-ring (bicyclic) bond motifs is 1. The third-order valence-electron chi connectivity index (χ3n) is 4.77. The van der Waals surface area contributed by atoms with Crippen LogP contribution in [-0.4, -0.2) is 57.5 Å². The van der Waals surface area contributed by atoms with Crippen LogP contribution >= 0.6 is 0 Å². The van der Waals surface area contributed by atoms with Crippen LogP contribution in [0.15, 0.2) is 18.6 Å². The van der Waals surface area contributed by atoms with Gasteiger partial charge >= 0.3 is 0 Å². The van der Waals surface area contributed by atoms with Crippen molar-refractivity contribution in [2.75, 3.05) is 31.1 Å². The highest BCUT2D eigenvalue weighted by Crippen LogP contribution is 2.45. The highest BCUT2D eigenvalue weighted by molar-refractivity contribution is 5.87. The standard InChI is InChI=1S/C15H20N6O/c16-5-1-12(22)21-8-7-20(9-15(21)3-4-15)14-11-2-6-17-13(11)18-10-19-14/h2,6,10H,1,3-5,7-9,16H2,(H,17,18,19). The van der Waals surface area contributed by atoms with Gasteiger partial charge in [-0.1, -0.05) is 0 Å². The first kappa shape index (κ1) is 13.5. The number of piperazine rings is 1. The van der Waals surface area contributed by atoms with Gasteiger partial charge in [0, 0.05) is 38.8 Å². The molecule has 4 rings (SSSR count). The van der Waals surface area contributed by atoms with Crippen LogP contribution in [0, 0.1) is 0 Å². The van der Waals surface area contributed by atoms with E-state index in [4.69, 9.17) is 5.73 Å². The van der Waals surface area contributed by atoms with Crippen LogP contribution in [0.1, 0.15) is 19.3 Å². The molecular weight excluding hydrogens is 280 g/mol. The fourth-order valence-electron chi connectivity index (χ4n) is 3.49. The van der Waals surface area contributed by atoms with Crippen molar-refractivity contribution in [1.29, 1.82) is 0 Å². The van der Waals surface area contributed by atoms with Crippen molar-refractivity contribution in [2.24, 2.45) is 5.73 Å². The summed E-state index contributed by atoms with van der Waals surface area (Å²) in [6.45, 7) is 2.82. The Morgan fingerprint density at radius 2 is 2.23 bits per heavy atom. The zero-order chi connectivity index (χ0) is 15.2. The van der Waals surface area contributed by atoms with Gasteiger partial charge in [-0.2, -0.15) is 0 Å². The molecule has 7 nitrogen and oxygen atoms in total. The second kappa shape index (κ2) is 4.95. The molecule has 3 heterocycles. The lowest BCUT2D eigenvalue weighted by Gasteiger charge is -2.43. The van der Waals surface area contributed by atoms with Crippen molar-refractivity contribution in [2.45, 2.75) is 24.8 Å². The maximum absolute atomic E-state index is 12.3. The highest BCUT2D eigenvalue weighted by atomic mass is 16.2. The van der Waals surface area contributed by atoms with Crippen LogP contribution in [0.25, 0.3) is 11.0 Å². The van der Waals surface area contributed by atoms with E-state index in [9.17, 15) is 4.79 Å². The molecule has 1 aliphatic carbocycles. The average molecular weight is 300 g/mol. The number of carbonyl (C=O) groups is 1. The van der Waals surface area contributed by atoms with Gasteiger partial charge in [-0.3, -0.25) is 4.79 Å². The lowest BCUT2D eigenvalue weighted by atomic mass is 10.1. The van der Waals surface area contributed by atoms with Crippen LogP contribution in [0.2, 0.25) is 0 Å². The summed E-state index contributed by atoms with van der Waals surface area (Å²) in [6.07, 6.45) is 6.07. The van der Waals surface area contributed by atoms with Crippen molar-refractivity contribution in [1.82, 2.24) is 19.9 Å². The molecule has 7 heteroatoms. The first-order chi connectivity index (χ1) is 10.7. The second-order valence-electron chi connectivity index (χ2n) is 6.17. The number of hydrogen-bond acceptors (Lipinski definition) is 5. The number of rotatable bonds is 3. The Labute approximate surface area is 128 Å². The predicted molar refractivity (Wildman–Crippen MR) is 83.5 cm³/mol. The summed E-state index contributed by atoms with van der Waals surface area (Å²) in [6, 6.07) is 2.01. The number of aromatic amines is 1. The number of amides is 1. The Morgan fingerprint density at radius 1 is 1.36 bits per heavy atom. The van der Waals surface area contributed by atoms with Gasteiger partial charge in [-0.15, -0.1) is 0 Å². The Kier molecular flexibility index (Phi) is 3.04. The molecule has 0 bridgehead atoms. The number of anilines is 1. The van der Waals surface area contributed by atoms with Gasteiger partial charge in [0.15, 0.2) is 0 Å². The molecule has 2 aromatic heterocycles. The summed E-state index contributed by atoms with van der Waals surface area (Å²) in [5.74, 6) is 1.15. The van der Waals surface area contributed by atoms with Gasteiger partial charge < -0.3 is 20.5 Å². The molecule has 116 valence electrons. The molecule has 1 amide bonds. The molecule has 2 aliphatic rings. The normalized spacial score (nSPS) is 19.9. The molecule has 1 aliphatic heterocycles. The molecule has 0 atom stereocenters. The van der Waals surface area contributed by atoms with Gasteiger partial charge in [0.05, 0.1) is 10.9 Å². The first-order valence-electron chi connectivity index (χ1n) is 7.77. The van der Waals surface area contributed by atoms with Crippen molar-refractivity contribution >= 4 is 22.8 Å². The minimum absolute atomic E-state index is 0.00190. The smallest absolute Gasteiger partial charge is 0.224 e. The first-order valence-corrected chi connectivity index (χ1v) is 7.77. The Morgan fingerprint density at radius 3 is 3.00 bits per heavy atom. The molecule has 22 heavy (non-hydrogen) atoms. The highest BCUT2D eigenvalue weighted by Gasteiger charge is 2.53. The van der Waals surface area contributed by atoms with Gasteiger partial charge in [0.2, 0.25) is 5.91 Å². The van der Waals surface area contributed by atoms with E-state index in [0.717, 1.165) is 49.3 Å². The van der Waals surface area contributed by atoms with E-state index in [1.807, 2.05) is 17.2 Å². The van der Waals surface area contributed by atoms with Crippen LogP contribution in [-0.2, 0) is 4.79 Å². The fourth-order valence-corrected chi connectivity index (χ4v) is 3.49. The maximum atomic E-state index is 12.3. The van der Waals surface area contributed by atoms with Crippen molar-refractivity contribution < 1.29 is 4.79 Å². The predicted octanol–water partition coefficient (Wildman–Crippen LogP) is 0.488. The summed E-state index contributed by atoms with van der Waals surface area (Å²) in [5, 5.41) is 1.04. The molecular formula is C15H20N6O. The topological polar surface area (TPSA) is 91.1 Å². The number of H-pyrrole nitrogens is 1. The number of hydrogen-bond donors (Lipinski definition) is 2. The van der Waals surface area contributed by atoms with Gasteiger partial charge in [0.1, 0.15) is 17.8 Å².